The molecule has 0 heterocycles. The number of halogens is 2. The third-order valence-electron chi connectivity index (χ3n) is 2.50. The molecule has 0 bridgehead atoms. The van der Waals surface area contributed by atoms with E-state index in [1.807, 2.05) is 0 Å². The standard InChI is InChI=1S/C13H16F2N2O3S/c1-2-7-16-13(18)4-3-8-17-21(19,20)12-6-5-10(14)9-11(12)15/h2,5-6,9,17H,1,3-4,7-8H2,(H,16,18). The van der Waals surface area contributed by atoms with E-state index in [9.17, 15) is 22.0 Å². The first-order valence-electron chi connectivity index (χ1n) is 6.19. The Morgan fingerprint density at radius 1 is 1.33 bits per heavy atom. The summed E-state index contributed by atoms with van der Waals surface area (Å²) in [5, 5.41) is 2.54. The lowest BCUT2D eigenvalue weighted by atomic mass is 10.3. The van der Waals surface area contributed by atoms with Gasteiger partial charge < -0.3 is 5.32 Å². The van der Waals surface area contributed by atoms with Gasteiger partial charge in [0, 0.05) is 25.6 Å². The summed E-state index contributed by atoms with van der Waals surface area (Å²) < 4.78 is 51.9. The minimum Gasteiger partial charge on any atom is -0.353 e. The number of hydrogen-bond donors (Lipinski definition) is 2. The van der Waals surface area contributed by atoms with Crippen LogP contribution in [-0.2, 0) is 14.8 Å². The van der Waals surface area contributed by atoms with Crippen LogP contribution in [0.2, 0.25) is 0 Å². The number of sulfonamides is 1. The molecular weight excluding hydrogens is 302 g/mol. The number of carbonyl (C=O) groups excluding carboxylic acids is 1. The number of rotatable bonds is 8. The van der Waals surface area contributed by atoms with Gasteiger partial charge in [0.05, 0.1) is 0 Å². The minimum atomic E-state index is -4.06. The van der Waals surface area contributed by atoms with E-state index < -0.39 is 26.6 Å². The molecule has 0 saturated carbocycles. The van der Waals surface area contributed by atoms with E-state index in [0.717, 1.165) is 12.1 Å². The average Bonchev–Trinajstić information content (AvgIpc) is 2.41. The monoisotopic (exact) mass is 318 g/mol. The zero-order valence-corrected chi connectivity index (χ0v) is 12.1. The van der Waals surface area contributed by atoms with Gasteiger partial charge in [-0.05, 0) is 18.6 Å². The smallest absolute Gasteiger partial charge is 0.243 e. The highest BCUT2D eigenvalue weighted by Gasteiger charge is 2.18. The van der Waals surface area contributed by atoms with Gasteiger partial charge in [-0.3, -0.25) is 4.79 Å². The highest BCUT2D eigenvalue weighted by Crippen LogP contribution is 2.15. The van der Waals surface area contributed by atoms with Crippen LogP contribution in [-0.4, -0.2) is 27.4 Å². The molecule has 1 aromatic rings. The zero-order valence-electron chi connectivity index (χ0n) is 11.2. The lowest BCUT2D eigenvalue weighted by Gasteiger charge is -2.07. The first kappa shape index (κ1) is 17.3. The lowest BCUT2D eigenvalue weighted by Crippen LogP contribution is -2.28. The number of amides is 1. The highest BCUT2D eigenvalue weighted by molar-refractivity contribution is 7.89. The van der Waals surface area contributed by atoms with Crippen molar-refractivity contribution in [1.29, 1.82) is 0 Å². The molecule has 0 atom stereocenters. The SMILES string of the molecule is C=CCNC(=O)CCCNS(=O)(=O)c1ccc(F)cc1F. The van der Waals surface area contributed by atoms with E-state index in [2.05, 4.69) is 16.6 Å². The summed E-state index contributed by atoms with van der Waals surface area (Å²) in [7, 11) is -4.06. The molecule has 0 aromatic heterocycles. The van der Waals surface area contributed by atoms with Gasteiger partial charge in [-0.15, -0.1) is 6.58 Å². The molecule has 0 aliphatic heterocycles. The van der Waals surface area contributed by atoms with Gasteiger partial charge >= 0.3 is 0 Å². The van der Waals surface area contributed by atoms with Crippen molar-refractivity contribution in [2.45, 2.75) is 17.7 Å². The van der Waals surface area contributed by atoms with Gasteiger partial charge in [0.25, 0.3) is 0 Å². The van der Waals surface area contributed by atoms with Crippen LogP contribution >= 0.6 is 0 Å². The fraction of sp³-hybridized carbons (Fsp3) is 0.308. The lowest BCUT2D eigenvalue weighted by molar-refractivity contribution is -0.120. The maximum Gasteiger partial charge on any atom is 0.243 e. The maximum absolute atomic E-state index is 13.4. The first-order chi connectivity index (χ1) is 9.86. The second kappa shape index (κ2) is 7.84. The molecule has 0 spiro atoms. The molecule has 0 unspecified atom stereocenters. The van der Waals surface area contributed by atoms with Crippen LogP contribution in [0.4, 0.5) is 8.78 Å². The summed E-state index contributed by atoms with van der Waals surface area (Å²) in [5.74, 6) is -2.25. The van der Waals surface area contributed by atoms with Gasteiger partial charge in [0.15, 0.2) is 0 Å². The van der Waals surface area contributed by atoms with Crippen molar-refractivity contribution >= 4 is 15.9 Å². The fourth-order valence-electron chi connectivity index (χ4n) is 1.50. The second-order valence-electron chi connectivity index (χ2n) is 4.17. The third-order valence-corrected chi connectivity index (χ3v) is 3.99. The van der Waals surface area contributed by atoms with Crippen LogP contribution in [0.5, 0.6) is 0 Å². The van der Waals surface area contributed by atoms with Crippen molar-refractivity contribution in [3.8, 4) is 0 Å². The molecule has 21 heavy (non-hydrogen) atoms. The third kappa shape index (κ3) is 5.60. The van der Waals surface area contributed by atoms with Crippen molar-refractivity contribution in [3.63, 3.8) is 0 Å². The van der Waals surface area contributed by atoms with Crippen molar-refractivity contribution in [3.05, 3.63) is 42.5 Å². The normalized spacial score (nSPS) is 11.1. The van der Waals surface area contributed by atoms with Crippen molar-refractivity contribution < 1.29 is 22.0 Å². The zero-order chi connectivity index (χ0) is 15.9. The first-order valence-corrected chi connectivity index (χ1v) is 7.67. The molecule has 0 saturated heterocycles. The molecule has 1 amide bonds. The molecule has 0 fully saturated rings. The van der Waals surface area contributed by atoms with E-state index in [1.165, 1.54) is 6.08 Å². The molecular formula is C13H16F2N2O3S. The van der Waals surface area contributed by atoms with E-state index in [-0.39, 0.29) is 25.3 Å². The predicted octanol–water partition coefficient (Wildman–Crippen LogP) is 1.33. The Morgan fingerprint density at radius 2 is 2.05 bits per heavy atom. The summed E-state index contributed by atoms with van der Waals surface area (Å²) in [5.41, 5.74) is 0. The van der Waals surface area contributed by atoms with Crippen LogP contribution in [0.3, 0.4) is 0 Å². The van der Waals surface area contributed by atoms with E-state index >= 15 is 0 Å². The Bertz CT molecular complexity index is 618. The summed E-state index contributed by atoms with van der Waals surface area (Å²) >= 11 is 0. The summed E-state index contributed by atoms with van der Waals surface area (Å²) in [4.78, 5) is 10.6. The van der Waals surface area contributed by atoms with Crippen LogP contribution in [0.1, 0.15) is 12.8 Å². The quantitative estimate of drug-likeness (QED) is 0.561. The summed E-state index contributed by atoms with van der Waals surface area (Å²) in [6.07, 6.45) is 1.91. The molecule has 0 aliphatic carbocycles. The van der Waals surface area contributed by atoms with Crippen molar-refractivity contribution in [1.82, 2.24) is 10.0 Å². The van der Waals surface area contributed by atoms with E-state index in [4.69, 9.17) is 0 Å². The number of carbonyl (C=O) groups is 1. The Morgan fingerprint density at radius 3 is 2.67 bits per heavy atom. The molecule has 116 valence electrons. The topological polar surface area (TPSA) is 75.3 Å². The van der Waals surface area contributed by atoms with Crippen LogP contribution < -0.4 is 10.0 Å². The van der Waals surface area contributed by atoms with Crippen molar-refractivity contribution in [2.24, 2.45) is 0 Å². The highest BCUT2D eigenvalue weighted by atomic mass is 32.2. The van der Waals surface area contributed by atoms with Gasteiger partial charge in [0.2, 0.25) is 15.9 Å². The number of hydrogen-bond acceptors (Lipinski definition) is 3. The van der Waals surface area contributed by atoms with Crippen LogP contribution in [0.15, 0.2) is 35.7 Å². The Balaban J connectivity index is 2.50. The predicted molar refractivity (Wildman–Crippen MR) is 74.0 cm³/mol. The largest absolute Gasteiger partial charge is 0.353 e. The molecule has 5 nitrogen and oxygen atoms in total. The number of nitrogens with one attached hydrogen (secondary N) is 2. The number of benzene rings is 1. The van der Waals surface area contributed by atoms with Crippen LogP contribution in [0, 0.1) is 11.6 Å². The van der Waals surface area contributed by atoms with E-state index in [1.54, 1.807) is 0 Å². The summed E-state index contributed by atoms with van der Waals surface area (Å²) in [6.45, 7) is 3.75. The molecule has 1 rings (SSSR count). The minimum absolute atomic E-state index is 0.0271. The van der Waals surface area contributed by atoms with Crippen LogP contribution in [0.25, 0.3) is 0 Å². The average molecular weight is 318 g/mol. The summed E-state index contributed by atoms with van der Waals surface area (Å²) in [6, 6.07) is 2.21. The fourth-order valence-corrected chi connectivity index (χ4v) is 2.63. The van der Waals surface area contributed by atoms with E-state index in [0.29, 0.717) is 12.6 Å². The molecule has 2 N–H and O–H groups in total. The van der Waals surface area contributed by atoms with Crippen molar-refractivity contribution in [2.75, 3.05) is 13.1 Å². The van der Waals surface area contributed by atoms with Gasteiger partial charge in [-0.25, -0.2) is 21.9 Å². The molecule has 0 aliphatic rings. The molecule has 8 heteroatoms. The Hall–Kier alpha value is -1.80. The van der Waals surface area contributed by atoms with Gasteiger partial charge in [-0.2, -0.15) is 0 Å². The molecule has 0 radical (unpaired) electrons. The molecule has 1 aromatic carbocycles. The second-order valence-corrected chi connectivity index (χ2v) is 5.90. The van der Waals surface area contributed by atoms with Gasteiger partial charge in [-0.1, -0.05) is 6.08 Å². The Labute approximate surface area is 122 Å². The Kier molecular flexibility index (Phi) is 6.44. The van der Waals surface area contributed by atoms with Gasteiger partial charge in [0.1, 0.15) is 16.5 Å². The maximum atomic E-state index is 13.4.